The molecule has 0 saturated carbocycles. The van der Waals surface area contributed by atoms with E-state index in [0.29, 0.717) is 10.8 Å². The molecular formula is C24H21ClN6O2. The first-order valence-electron chi connectivity index (χ1n) is 10.3. The Morgan fingerprint density at radius 3 is 2.52 bits per heavy atom. The summed E-state index contributed by atoms with van der Waals surface area (Å²) in [6.07, 6.45) is 3.29. The van der Waals surface area contributed by atoms with Crippen molar-refractivity contribution in [1.29, 1.82) is 0 Å². The van der Waals surface area contributed by atoms with Crippen molar-refractivity contribution >= 4 is 34.5 Å². The summed E-state index contributed by atoms with van der Waals surface area (Å²) in [6.45, 7) is 4.29. The van der Waals surface area contributed by atoms with Crippen molar-refractivity contribution in [3.05, 3.63) is 82.5 Å². The molecule has 5 rings (SSSR count). The average molecular weight is 461 g/mol. The number of aromatic nitrogens is 5. The SMILES string of the molecule is COc1ccc(-n2c(C)c(C)c3c2ncn2nc(CON=Cc4ccc(Cl)cc4)nc32)cc1. The smallest absolute Gasteiger partial charge is 0.192 e. The summed E-state index contributed by atoms with van der Waals surface area (Å²) in [6, 6.07) is 15.2. The fourth-order valence-electron chi connectivity index (χ4n) is 3.76. The molecule has 0 radical (unpaired) electrons. The number of hydrogen-bond acceptors (Lipinski definition) is 6. The molecule has 8 nitrogen and oxygen atoms in total. The molecule has 0 saturated heterocycles. The highest BCUT2D eigenvalue weighted by Crippen LogP contribution is 2.30. The van der Waals surface area contributed by atoms with Crippen molar-refractivity contribution in [3.8, 4) is 11.4 Å². The predicted molar refractivity (Wildman–Crippen MR) is 127 cm³/mol. The van der Waals surface area contributed by atoms with Gasteiger partial charge < -0.3 is 9.57 Å². The van der Waals surface area contributed by atoms with Gasteiger partial charge in [-0.3, -0.25) is 4.57 Å². The molecule has 0 unspecified atom stereocenters. The molecule has 5 aromatic rings. The molecule has 9 heteroatoms. The van der Waals surface area contributed by atoms with Gasteiger partial charge >= 0.3 is 0 Å². The third-order valence-electron chi connectivity index (χ3n) is 5.55. The summed E-state index contributed by atoms with van der Waals surface area (Å²) in [5, 5.41) is 10.1. The largest absolute Gasteiger partial charge is 0.497 e. The third-order valence-corrected chi connectivity index (χ3v) is 5.80. The first kappa shape index (κ1) is 21.0. The van der Waals surface area contributed by atoms with E-state index in [-0.39, 0.29) is 6.61 Å². The van der Waals surface area contributed by atoms with Crippen LogP contribution < -0.4 is 4.74 Å². The lowest BCUT2D eigenvalue weighted by Crippen LogP contribution is -1.99. The number of nitrogens with zero attached hydrogens (tertiary/aromatic N) is 6. The van der Waals surface area contributed by atoms with Crippen LogP contribution in [0, 0.1) is 13.8 Å². The molecule has 0 atom stereocenters. The Labute approximate surface area is 195 Å². The molecule has 0 spiro atoms. The topological polar surface area (TPSA) is 78.8 Å². The molecule has 2 aromatic carbocycles. The Morgan fingerprint density at radius 2 is 1.79 bits per heavy atom. The normalized spacial score (nSPS) is 11.6. The van der Waals surface area contributed by atoms with Gasteiger partial charge in [0, 0.05) is 16.4 Å². The van der Waals surface area contributed by atoms with Gasteiger partial charge in [-0.25, -0.2) is 14.5 Å². The Bertz CT molecular complexity index is 1470. The van der Waals surface area contributed by atoms with Crippen molar-refractivity contribution in [1.82, 2.24) is 24.1 Å². The van der Waals surface area contributed by atoms with E-state index < -0.39 is 0 Å². The maximum atomic E-state index is 5.90. The first-order valence-corrected chi connectivity index (χ1v) is 10.7. The summed E-state index contributed by atoms with van der Waals surface area (Å²) in [5.74, 6) is 1.33. The molecular weight excluding hydrogens is 440 g/mol. The number of ether oxygens (including phenoxy) is 1. The number of rotatable bonds is 6. The van der Waals surface area contributed by atoms with Crippen LogP contribution in [0.25, 0.3) is 22.4 Å². The van der Waals surface area contributed by atoms with Crippen molar-refractivity contribution < 1.29 is 9.57 Å². The Kier molecular flexibility index (Phi) is 5.43. The molecule has 0 N–H and O–H groups in total. The maximum absolute atomic E-state index is 5.90. The van der Waals surface area contributed by atoms with Gasteiger partial charge in [0.25, 0.3) is 0 Å². The van der Waals surface area contributed by atoms with E-state index in [4.69, 9.17) is 26.2 Å². The minimum atomic E-state index is 0.143. The standard InChI is InChI=1S/C24H21ClN6O2/c1-15-16(2)31(19-8-10-20(32-3)11-9-19)23-22(15)24-28-21(29-30(24)14-26-23)13-33-27-12-17-4-6-18(25)7-5-17/h4-12,14H,13H2,1-3H3. The van der Waals surface area contributed by atoms with E-state index in [1.54, 1.807) is 36.3 Å². The van der Waals surface area contributed by atoms with Crippen LogP contribution in [-0.4, -0.2) is 37.5 Å². The van der Waals surface area contributed by atoms with E-state index >= 15 is 0 Å². The van der Waals surface area contributed by atoms with E-state index in [1.807, 2.05) is 36.4 Å². The zero-order chi connectivity index (χ0) is 22.9. The van der Waals surface area contributed by atoms with E-state index in [1.165, 1.54) is 0 Å². The fraction of sp³-hybridized carbons (Fsp3) is 0.167. The van der Waals surface area contributed by atoms with Crippen LogP contribution >= 0.6 is 11.6 Å². The summed E-state index contributed by atoms with van der Waals surface area (Å²) in [5.41, 5.74) is 5.63. The molecule has 0 fully saturated rings. The fourth-order valence-corrected chi connectivity index (χ4v) is 3.88. The van der Waals surface area contributed by atoms with Gasteiger partial charge in [0.1, 0.15) is 12.1 Å². The average Bonchev–Trinajstić information content (AvgIpc) is 3.36. The summed E-state index contributed by atoms with van der Waals surface area (Å²) >= 11 is 5.90. The number of fused-ring (bicyclic) bond motifs is 3. The molecule has 0 bridgehead atoms. The van der Waals surface area contributed by atoms with Gasteiger partial charge in [-0.15, -0.1) is 5.10 Å². The van der Waals surface area contributed by atoms with Crippen molar-refractivity contribution in [3.63, 3.8) is 0 Å². The van der Waals surface area contributed by atoms with Crippen molar-refractivity contribution in [2.24, 2.45) is 5.16 Å². The number of methoxy groups -OCH3 is 1. The van der Waals surface area contributed by atoms with Gasteiger partial charge in [0.05, 0.1) is 18.7 Å². The van der Waals surface area contributed by atoms with Crippen LogP contribution in [0.15, 0.2) is 60.0 Å². The maximum Gasteiger partial charge on any atom is 0.192 e. The second kappa shape index (κ2) is 8.55. The highest BCUT2D eigenvalue weighted by atomic mass is 35.5. The predicted octanol–water partition coefficient (Wildman–Crippen LogP) is 4.90. The second-order valence-corrected chi connectivity index (χ2v) is 7.98. The number of hydrogen-bond donors (Lipinski definition) is 0. The van der Waals surface area contributed by atoms with E-state index in [9.17, 15) is 0 Å². The molecule has 33 heavy (non-hydrogen) atoms. The van der Waals surface area contributed by atoms with Crippen LogP contribution in [0.2, 0.25) is 5.02 Å². The molecule has 166 valence electrons. The lowest BCUT2D eigenvalue weighted by molar-refractivity contribution is 0.126. The zero-order valence-electron chi connectivity index (χ0n) is 18.4. The van der Waals surface area contributed by atoms with Crippen LogP contribution in [0.4, 0.5) is 0 Å². The monoisotopic (exact) mass is 460 g/mol. The zero-order valence-corrected chi connectivity index (χ0v) is 19.1. The van der Waals surface area contributed by atoms with Gasteiger partial charge in [0.15, 0.2) is 23.7 Å². The summed E-state index contributed by atoms with van der Waals surface area (Å²) in [4.78, 5) is 14.8. The van der Waals surface area contributed by atoms with Crippen LogP contribution in [-0.2, 0) is 11.4 Å². The van der Waals surface area contributed by atoms with Gasteiger partial charge in [0.2, 0.25) is 0 Å². The van der Waals surface area contributed by atoms with Crippen molar-refractivity contribution in [2.45, 2.75) is 20.5 Å². The van der Waals surface area contributed by atoms with Crippen molar-refractivity contribution in [2.75, 3.05) is 7.11 Å². The van der Waals surface area contributed by atoms with Crippen LogP contribution in [0.3, 0.4) is 0 Å². The molecule has 0 amide bonds. The molecule has 0 aliphatic carbocycles. The molecule has 0 aliphatic rings. The van der Waals surface area contributed by atoms with E-state index in [2.05, 4.69) is 33.7 Å². The lowest BCUT2D eigenvalue weighted by atomic mass is 10.2. The Hall–Kier alpha value is -3.91. The van der Waals surface area contributed by atoms with Gasteiger partial charge in [-0.05, 0) is 61.4 Å². The first-order chi connectivity index (χ1) is 16.0. The highest BCUT2D eigenvalue weighted by molar-refractivity contribution is 6.30. The van der Waals surface area contributed by atoms with Crippen LogP contribution in [0.1, 0.15) is 22.6 Å². The minimum Gasteiger partial charge on any atom is -0.497 e. The number of aryl methyl sites for hydroxylation is 1. The quantitative estimate of drug-likeness (QED) is 0.266. The third kappa shape index (κ3) is 3.89. The summed E-state index contributed by atoms with van der Waals surface area (Å²) in [7, 11) is 1.66. The Balaban J connectivity index is 1.45. The lowest BCUT2D eigenvalue weighted by Gasteiger charge is -2.08. The number of benzene rings is 2. The van der Waals surface area contributed by atoms with Gasteiger partial charge in [-0.1, -0.05) is 28.9 Å². The summed E-state index contributed by atoms with van der Waals surface area (Å²) < 4.78 is 9.08. The van der Waals surface area contributed by atoms with E-state index in [0.717, 1.165) is 44.9 Å². The molecule has 3 aromatic heterocycles. The van der Waals surface area contributed by atoms with Crippen LogP contribution in [0.5, 0.6) is 5.75 Å². The highest BCUT2D eigenvalue weighted by Gasteiger charge is 2.19. The Morgan fingerprint density at radius 1 is 1.03 bits per heavy atom. The van der Waals surface area contributed by atoms with Gasteiger partial charge in [-0.2, -0.15) is 0 Å². The second-order valence-electron chi connectivity index (χ2n) is 7.54. The number of oxime groups is 1. The molecule has 0 aliphatic heterocycles. The minimum absolute atomic E-state index is 0.143. The number of halogens is 1. The molecule has 3 heterocycles.